The molecule has 1 aromatic carbocycles. The third-order valence-electron chi connectivity index (χ3n) is 3.89. The molecule has 0 aliphatic carbocycles. The highest BCUT2D eigenvalue weighted by molar-refractivity contribution is 9.10. The SMILES string of the molecule is CN1C[C@H](C(=O)N2CCc3cc(Br)ccc32)CC1=O. The summed E-state index contributed by atoms with van der Waals surface area (Å²) in [4.78, 5) is 27.5. The van der Waals surface area contributed by atoms with Crippen LogP contribution in [0.2, 0.25) is 0 Å². The van der Waals surface area contributed by atoms with Crippen LogP contribution in [-0.2, 0) is 16.0 Å². The summed E-state index contributed by atoms with van der Waals surface area (Å²) in [6.45, 7) is 1.26. The lowest BCUT2D eigenvalue weighted by Crippen LogP contribution is -2.35. The van der Waals surface area contributed by atoms with Crippen LogP contribution in [0.4, 0.5) is 5.69 Å². The van der Waals surface area contributed by atoms with Crippen molar-refractivity contribution < 1.29 is 9.59 Å². The number of halogens is 1. The second-order valence-corrected chi connectivity index (χ2v) is 6.10. The zero-order valence-electron chi connectivity index (χ0n) is 10.7. The van der Waals surface area contributed by atoms with Gasteiger partial charge in [-0.15, -0.1) is 0 Å². The molecule has 0 spiro atoms. The number of fused-ring (bicyclic) bond motifs is 1. The second-order valence-electron chi connectivity index (χ2n) is 5.19. The normalized spacial score (nSPS) is 22.0. The first-order valence-corrected chi connectivity index (χ1v) is 7.19. The minimum absolute atomic E-state index is 0.0635. The summed E-state index contributed by atoms with van der Waals surface area (Å²) in [6.07, 6.45) is 1.23. The average Bonchev–Trinajstić information content (AvgIpc) is 2.93. The molecule has 2 aliphatic heterocycles. The number of nitrogens with zero attached hydrogens (tertiary/aromatic N) is 2. The van der Waals surface area contributed by atoms with E-state index in [0.29, 0.717) is 13.0 Å². The smallest absolute Gasteiger partial charge is 0.232 e. The van der Waals surface area contributed by atoms with Crippen molar-refractivity contribution in [3.8, 4) is 0 Å². The van der Waals surface area contributed by atoms with Gasteiger partial charge in [-0.3, -0.25) is 9.59 Å². The van der Waals surface area contributed by atoms with Crippen molar-refractivity contribution in [1.29, 1.82) is 0 Å². The van der Waals surface area contributed by atoms with E-state index in [-0.39, 0.29) is 17.7 Å². The fourth-order valence-electron chi connectivity index (χ4n) is 2.85. The second kappa shape index (κ2) is 4.63. The quantitative estimate of drug-likeness (QED) is 0.791. The lowest BCUT2D eigenvalue weighted by molar-refractivity contribution is -0.127. The highest BCUT2D eigenvalue weighted by Gasteiger charge is 2.37. The largest absolute Gasteiger partial charge is 0.345 e. The van der Waals surface area contributed by atoms with E-state index >= 15 is 0 Å². The molecule has 4 nitrogen and oxygen atoms in total. The lowest BCUT2D eigenvalue weighted by Gasteiger charge is -2.21. The first-order valence-electron chi connectivity index (χ1n) is 6.40. The molecule has 1 atom stereocenters. The summed E-state index contributed by atoms with van der Waals surface area (Å²) in [5.41, 5.74) is 2.19. The number of likely N-dealkylation sites (tertiary alicyclic amines) is 1. The molecule has 0 bridgehead atoms. The van der Waals surface area contributed by atoms with Gasteiger partial charge < -0.3 is 9.80 Å². The molecule has 2 aliphatic rings. The Balaban J connectivity index is 1.82. The van der Waals surface area contributed by atoms with Gasteiger partial charge in [0.25, 0.3) is 0 Å². The van der Waals surface area contributed by atoms with Gasteiger partial charge in [0.05, 0.1) is 5.92 Å². The van der Waals surface area contributed by atoms with Crippen molar-refractivity contribution >= 4 is 33.4 Å². The molecule has 0 unspecified atom stereocenters. The van der Waals surface area contributed by atoms with Crippen LogP contribution in [0, 0.1) is 5.92 Å². The Kier molecular flexibility index (Phi) is 3.09. The molecule has 2 amide bonds. The van der Waals surface area contributed by atoms with Gasteiger partial charge in [0.2, 0.25) is 11.8 Å². The summed E-state index contributed by atoms with van der Waals surface area (Å²) in [7, 11) is 1.75. The monoisotopic (exact) mass is 322 g/mol. The van der Waals surface area contributed by atoms with Gasteiger partial charge in [-0.25, -0.2) is 0 Å². The van der Waals surface area contributed by atoms with Crippen LogP contribution in [0.3, 0.4) is 0 Å². The van der Waals surface area contributed by atoms with Gasteiger partial charge in [0, 0.05) is 36.7 Å². The average molecular weight is 323 g/mol. The first kappa shape index (κ1) is 12.7. The molecule has 2 heterocycles. The molecule has 1 saturated heterocycles. The molecule has 19 heavy (non-hydrogen) atoms. The molecule has 3 rings (SSSR count). The van der Waals surface area contributed by atoms with Gasteiger partial charge in [-0.1, -0.05) is 15.9 Å². The molecule has 1 fully saturated rings. The molecule has 1 aromatic rings. The van der Waals surface area contributed by atoms with Crippen LogP contribution in [0.5, 0.6) is 0 Å². The molecular formula is C14H15BrN2O2. The number of hydrogen-bond acceptors (Lipinski definition) is 2. The Hall–Kier alpha value is -1.36. The molecule has 100 valence electrons. The third kappa shape index (κ3) is 2.16. The van der Waals surface area contributed by atoms with Crippen molar-refractivity contribution in [2.75, 3.05) is 25.0 Å². The summed E-state index contributed by atoms with van der Waals surface area (Å²) in [5.74, 6) is -0.0422. The van der Waals surface area contributed by atoms with Crippen LogP contribution < -0.4 is 4.90 Å². The van der Waals surface area contributed by atoms with Crippen molar-refractivity contribution in [3.63, 3.8) is 0 Å². The minimum Gasteiger partial charge on any atom is -0.345 e. The van der Waals surface area contributed by atoms with E-state index in [1.165, 1.54) is 5.56 Å². The number of benzene rings is 1. The fourth-order valence-corrected chi connectivity index (χ4v) is 3.26. The highest BCUT2D eigenvalue weighted by atomic mass is 79.9. The van der Waals surface area contributed by atoms with Crippen molar-refractivity contribution in [3.05, 3.63) is 28.2 Å². The van der Waals surface area contributed by atoms with Crippen molar-refractivity contribution in [2.45, 2.75) is 12.8 Å². The molecule has 0 radical (unpaired) electrons. The van der Waals surface area contributed by atoms with Gasteiger partial charge in [0.1, 0.15) is 0 Å². The first-order chi connectivity index (χ1) is 9.06. The van der Waals surface area contributed by atoms with Gasteiger partial charge >= 0.3 is 0 Å². The van der Waals surface area contributed by atoms with Gasteiger partial charge in [-0.2, -0.15) is 0 Å². The van der Waals surface area contributed by atoms with E-state index in [1.54, 1.807) is 11.9 Å². The van der Waals surface area contributed by atoms with Crippen LogP contribution in [0.1, 0.15) is 12.0 Å². The highest BCUT2D eigenvalue weighted by Crippen LogP contribution is 2.32. The maximum atomic E-state index is 12.5. The molecule has 5 heteroatoms. The van der Waals surface area contributed by atoms with Crippen molar-refractivity contribution in [1.82, 2.24) is 4.90 Å². The van der Waals surface area contributed by atoms with Crippen LogP contribution in [-0.4, -0.2) is 36.9 Å². The Morgan fingerprint density at radius 1 is 1.42 bits per heavy atom. The van der Waals surface area contributed by atoms with Gasteiger partial charge in [0.15, 0.2) is 0 Å². The number of carbonyl (C=O) groups is 2. The Morgan fingerprint density at radius 2 is 2.21 bits per heavy atom. The van der Waals surface area contributed by atoms with E-state index in [9.17, 15) is 9.59 Å². The maximum absolute atomic E-state index is 12.5. The zero-order valence-corrected chi connectivity index (χ0v) is 12.3. The summed E-state index contributed by atoms with van der Waals surface area (Å²) in [5, 5.41) is 0. The van der Waals surface area contributed by atoms with E-state index in [2.05, 4.69) is 22.0 Å². The summed E-state index contributed by atoms with van der Waals surface area (Å²) in [6, 6.07) is 6.00. The Morgan fingerprint density at radius 3 is 2.89 bits per heavy atom. The fraction of sp³-hybridized carbons (Fsp3) is 0.429. The number of hydrogen-bond donors (Lipinski definition) is 0. The van der Waals surface area contributed by atoms with E-state index < -0.39 is 0 Å². The summed E-state index contributed by atoms with van der Waals surface area (Å²) < 4.78 is 1.04. The maximum Gasteiger partial charge on any atom is 0.232 e. The topological polar surface area (TPSA) is 40.6 Å². The van der Waals surface area contributed by atoms with Crippen LogP contribution in [0.15, 0.2) is 22.7 Å². The summed E-state index contributed by atoms with van der Waals surface area (Å²) >= 11 is 3.45. The number of amides is 2. The number of carbonyl (C=O) groups excluding carboxylic acids is 2. The number of rotatable bonds is 1. The molecule has 0 aromatic heterocycles. The van der Waals surface area contributed by atoms with Crippen LogP contribution in [0.25, 0.3) is 0 Å². The van der Waals surface area contributed by atoms with Crippen molar-refractivity contribution in [2.24, 2.45) is 5.92 Å². The minimum atomic E-state index is -0.188. The van der Waals surface area contributed by atoms with E-state index in [4.69, 9.17) is 0 Å². The van der Waals surface area contributed by atoms with Crippen LogP contribution >= 0.6 is 15.9 Å². The predicted octanol–water partition coefficient (Wildman–Crippen LogP) is 1.82. The lowest BCUT2D eigenvalue weighted by atomic mass is 10.1. The van der Waals surface area contributed by atoms with Gasteiger partial charge in [-0.05, 0) is 30.2 Å². The standard InChI is InChI=1S/C14H15BrN2O2/c1-16-8-10(7-13(16)18)14(19)17-5-4-9-6-11(15)2-3-12(9)17/h2-3,6,10H,4-5,7-8H2,1H3/t10-/m1/s1. The molecule has 0 saturated carbocycles. The predicted molar refractivity (Wildman–Crippen MR) is 75.9 cm³/mol. The van der Waals surface area contributed by atoms with E-state index in [0.717, 1.165) is 23.1 Å². The molecular weight excluding hydrogens is 308 g/mol. The van der Waals surface area contributed by atoms with E-state index in [1.807, 2.05) is 17.0 Å². The molecule has 0 N–H and O–H groups in total. The Labute approximate surface area is 120 Å². The number of anilines is 1. The zero-order chi connectivity index (χ0) is 13.6. The Bertz CT molecular complexity index is 558. The third-order valence-corrected chi connectivity index (χ3v) is 4.39.